The second kappa shape index (κ2) is 35.0. The number of rotatable bonds is 35. The van der Waals surface area contributed by atoms with Gasteiger partial charge in [-0.1, -0.05) is 206 Å². The van der Waals surface area contributed by atoms with Crippen LogP contribution in [0.2, 0.25) is 0 Å². The van der Waals surface area contributed by atoms with Gasteiger partial charge in [-0.05, 0) is 38.5 Å². The molecule has 0 amide bonds. The van der Waals surface area contributed by atoms with Gasteiger partial charge in [0.05, 0.1) is 6.61 Å². The minimum Gasteiger partial charge on any atom is -0.465 e. The lowest BCUT2D eigenvalue weighted by atomic mass is 9.90. The largest absolute Gasteiger partial charge is 0.465 e. The summed E-state index contributed by atoms with van der Waals surface area (Å²) in [7, 11) is 0. The van der Waals surface area contributed by atoms with Crippen molar-refractivity contribution in [2.45, 2.75) is 233 Å². The van der Waals surface area contributed by atoms with Crippen molar-refractivity contribution < 1.29 is 9.53 Å². The van der Waals surface area contributed by atoms with E-state index in [9.17, 15) is 4.79 Å². The smallest absolute Gasteiger partial charge is 0.322 e. The quantitative estimate of drug-likeness (QED) is 0.0436. The van der Waals surface area contributed by atoms with E-state index in [0.717, 1.165) is 19.3 Å². The van der Waals surface area contributed by atoms with Gasteiger partial charge in [-0.15, -0.1) is 0 Å². The summed E-state index contributed by atoms with van der Waals surface area (Å²) in [4.78, 5) is 12.4. The summed E-state index contributed by atoms with van der Waals surface area (Å²) in [6.45, 7) is 9.58. The standard InChI is InChI=1S/C41H81NO2/c1-5-8-10-12-14-16-18-20-22-24-26-28-30-32-34-38(4)39(7-3)35-36-40(42)41(43)44-37-33-31-29-27-25-23-21-19-17-15-13-11-9-6-2/h7,38,40H,5-6,8-37,42H2,1-4H3. The molecule has 0 bridgehead atoms. The van der Waals surface area contributed by atoms with E-state index in [1.807, 2.05) is 0 Å². The highest BCUT2D eigenvalue weighted by Crippen LogP contribution is 2.24. The fourth-order valence-electron chi connectivity index (χ4n) is 6.52. The molecule has 262 valence electrons. The van der Waals surface area contributed by atoms with Crippen LogP contribution < -0.4 is 5.73 Å². The van der Waals surface area contributed by atoms with Crippen molar-refractivity contribution in [3.63, 3.8) is 0 Å². The second-order valence-electron chi connectivity index (χ2n) is 14.1. The molecule has 0 radical (unpaired) electrons. The summed E-state index contributed by atoms with van der Waals surface area (Å²) in [6, 6.07) is -0.496. The van der Waals surface area contributed by atoms with Crippen molar-refractivity contribution in [1.82, 2.24) is 0 Å². The van der Waals surface area contributed by atoms with Crippen molar-refractivity contribution in [2.75, 3.05) is 6.61 Å². The zero-order valence-corrected chi connectivity index (χ0v) is 30.8. The van der Waals surface area contributed by atoms with Crippen LogP contribution in [0.3, 0.4) is 0 Å². The number of allylic oxidation sites excluding steroid dienone is 2. The monoisotopic (exact) mass is 620 g/mol. The third-order valence-electron chi connectivity index (χ3n) is 9.78. The van der Waals surface area contributed by atoms with Gasteiger partial charge in [-0.2, -0.15) is 0 Å². The third kappa shape index (κ3) is 29.9. The molecular weight excluding hydrogens is 538 g/mol. The van der Waals surface area contributed by atoms with Gasteiger partial charge in [0, 0.05) is 0 Å². The number of unbranched alkanes of at least 4 members (excludes halogenated alkanes) is 26. The van der Waals surface area contributed by atoms with Crippen molar-refractivity contribution in [1.29, 1.82) is 0 Å². The molecule has 0 aromatic heterocycles. The van der Waals surface area contributed by atoms with E-state index in [-0.39, 0.29) is 5.97 Å². The van der Waals surface area contributed by atoms with E-state index in [2.05, 4.69) is 33.8 Å². The van der Waals surface area contributed by atoms with Crippen LogP contribution in [0.1, 0.15) is 227 Å². The average Bonchev–Trinajstić information content (AvgIpc) is 3.03. The Morgan fingerprint density at radius 3 is 1.25 bits per heavy atom. The summed E-state index contributed by atoms with van der Waals surface area (Å²) in [5, 5.41) is 0. The van der Waals surface area contributed by atoms with E-state index in [1.54, 1.807) is 0 Å². The second-order valence-corrected chi connectivity index (χ2v) is 14.1. The highest BCUT2D eigenvalue weighted by atomic mass is 16.5. The van der Waals surface area contributed by atoms with Crippen molar-refractivity contribution in [2.24, 2.45) is 11.7 Å². The Balaban J connectivity index is 3.63. The van der Waals surface area contributed by atoms with Gasteiger partial charge < -0.3 is 10.5 Å². The van der Waals surface area contributed by atoms with Crippen molar-refractivity contribution in [3.05, 3.63) is 11.6 Å². The molecule has 0 fully saturated rings. The summed E-state index contributed by atoms with van der Waals surface area (Å²) in [6.07, 6.45) is 43.5. The number of carbonyl (C=O) groups excluding carboxylic acids is 1. The summed E-state index contributed by atoms with van der Waals surface area (Å²) in [5.41, 5.74) is 7.66. The molecule has 2 unspecified atom stereocenters. The van der Waals surface area contributed by atoms with Gasteiger partial charge in [0.1, 0.15) is 6.04 Å². The molecule has 0 spiro atoms. The van der Waals surface area contributed by atoms with Crippen LogP contribution >= 0.6 is 0 Å². The third-order valence-corrected chi connectivity index (χ3v) is 9.78. The van der Waals surface area contributed by atoms with Crippen LogP contribution in [0.15, 0.2) is 11.6 Å². The molecule has 0 aromatic carbocycles. The lowest BCUT2D eigenvalue weighted by Gasteiger charge is -2.18. The van der Waals surface area contributed by atoms with Gasteiger partial charge in [0.2, 0.25) is 0 Å². The van der Waals surface area contributed by atoms with E-state index in [0.29, 0.717) is 18.9 Å². The van der Waals surface area contributed by atoms with E-state index in [1.165, 1.54) is 179 Å². The molecule has 2 N–H and O–H groups in total. The van der Waals surface area contributed by atoms with Gasteiger partial charge in [0.25, 0.3) is 0 Å². The molecule has 44 heavy (non-hydrogen) atoms. The van der Waals surface area contributed by atoms with E-state index < -0.39 is 6.04 Å². The average molecular weight is 620 g/mol. The van der Waals surface area contributed by atoms with Crippen LogP contribution in [0, 0.1) is 5.92 Å². The van der Waals surface area contributed by atoms with Gasteiger partial charge >= 0.3 is 5.97 Å². The first kappa shape index (κ1) is 43.2. The molecule has 0 aliphatic heterocycles. The predicted molar refractivity (Wildman–Crippen MR) is 196 cm³/mol. The molecule has 0 saturated carbocycles. The van der Waals surface area contributed by atoms with Crippen LogP contribution in [0.4, 0.5) is 0 Å². The number of ether oxygens (including phenoxy) is 1. The number of esters is 1. The number of nitrogens with two attached hydrogens (primary N) is 1. The maximum absolute atomic E-state index is 12.4. The van der Waals surface area contributed by atoms with E-state index >= 15 is 0 Å². The van der Waals surface area contributed by atoms with E-state index in [4.69, 9.17) is 10.5 Å². The lowest BCUT2D eigenvalue weighted by Crippen LogP contribution is -2.32. The number of carbonyl (C=O) groups is 1. The molecule has 0 aromatic rings. The minimum atomic E-state index is -0.496. The zero-order chi connectivity index (χ0) is 32.4. The molecule has 0 aliphatic carbocycles. The fraction of sp³-hybridized carbons (Fsp3) is 0.927. The highest BCUT2D eigenvalue weighted by molar-refractivity contribution is 5.75. The molecule has 0 aliphatic rings. The predicted octanol–water partition coefficient (Wildman–Crippen LogP) is 13.6. The van der Waals surface area contributed by atoms with Gasteiger partial charge in [0.15, 0.2) is 0 Å². The Bertz CT molecular complexity index is 616. The Morgan fingerprint density at radius 2 is 0.886 bits per heavy atom. The highest BCUT2D eigenvalue weighted by Gasteiger charge is 2.17. The maximum atomic E-state index is 12.4. The normalized spacial score (nSPS) is 13.3. The molecule has 2 atom stereocenters. The first-order valence-electron chi connectivity index (χ1n) is 20.1. The molecule has 0 rings (SSSR count). The lowest BCUT2D eigenvalue weighted by molar-refractivity contribution is -0.145. The van der Waals surface area contributed by atoms with Gasteiger partial charge in [-0.25, -0.2) is 0 Å². The topological polar surface area (TPSA) is 52.3 Å². The molecule has 0 heterocycles. The van der Waals surface area contributed by atoms with Gasteiger partial charge in [-0.3, -0.25) is 4.79 Å². The summed E-state index contributed by atoms with van der Waals surface area (Å²) >= 11 is 0. The first-order chi connectivity index (χ1) is 21.6. The summed E-state index contributed by atoms with van der Waals surface area (Å²) < 4.78 is 5.51. The molecule has 3 nitrogen and oxygen atoms in total. The van der Waals surface area contributed by atoms with Crippen LogP contribution in [-0.4, -0.2) is 18.6 Å². The Kier molecular flexibility index (Phi) is 34.4. The van der Waals surface area contributed by atoms with Crippen LogP contribution in [0.25, 0.3) is 0 Å². The fourth-order valence-corrected chi connectivity index (χ4v) is 6.52. The first-order valence-corrected chi connectivity index (χ1v) is 20.1. The SMILES string of the molecule is CC=C(CCC(N)C(=O)OCCCCCCCCCCCCCCCC)C(C)CCCCCCCCCCCCCCCC. The zero-order valence-electron chi connectivity index (χ0n) is 30.8. The van der Waals surface area contributed by atoms with Crippen molar-refractivity contribution in [3.8, 4) is 0 Å². The number of hydrogen-bond donors (Lipinski definition) is 1. The maximum Gasteiger partial charge on any atom is 0.322 e. The van der Waals surface area contributed by atoms with Crippen molar-refractivity contribution >= 4 is 5.97 Å². The number of hydrogen-bond acceptors (Lipinski definition) is 3. The van der Waals surface area contributed by atoms with Crippen LogP contribution in [-0.2, 0) is 9.53 Å². The molecule has 3 heteroatoms. The Hall–Kier alpha value is -0.830. The molecular formula is C41H81NO2. The minimum absolute atomic E-state index is 0.213. The Morgan fingerprint density at radius 1 is 0.545 bits per heavy atom. The van der Waals surface area contributed by atoms with Crippen LogP contribution in [0.5, 0.6) is 0 Å². The molecule has 0 saturated heterocycles. The summed E-state index contributed by atoms with van der Waals surface area (Å²) in [5.74, 6) is 0.367. The Labute approximate surface area is 277 Å².